The summed E-state index contributed by atoms with van der Waals surface area (Å²) in [6.45, 7) is 18.1. The molecule has 0 saturated carbocycles. The fourth-order valence-electron chi connectivity index (χ4n) is 4.26. The van der Waals surface area contributed by atoms with E-state index < -0.39 is 51.7 Å². The van der Waals surface area contributed by atoms with Gasteiger partial charge in [-0.1, -0.05) is 39.5 Å². The fraction of sp³-hybridized carbons (Fsp3) is 0.759. The van der Waals surface area contributed by atoms with Crippen LogP contribution in [-0.4, -0.2) is 23.6 Å². The third-order valence-corrected chi connectivity index (χ3v) is 8.74. The van der Waals surface area contributed by atoms with Crippen molar-refractivity contribution in [2.75, 3.05) is 0 Å². The summed E-state index contributed by atoms with van der Waals surface area (Å²) in [6, 6.07) is 0. The predicted octanol–water partition coefficient (Wildman–Crippen LogP) is 7.75. The molecule has 0 aromatic heterocycles. The predicted molar refractivity (Wildman–Crippen MR) is 140 cm³/mol. The molecule has 0 aromatic carbocycles. The Kier molecular flexibility index (Phi) is 18.5. The van der Waals surface area contributed by atoms with Gasteiger partial charge in [-0.2, -0.15) is 0 Å². The number of rotatable bonds is 22. The van der Waals surface area contributed by atoms with Crippen molar-refractivity contribution < 1.29 is 45.5 Å². The minimum atomic E-state index is -4.22. The molecule has 0 unspecified atom stereocenters. The number of unbranched alkanes of at least 4 members (excludes halogenated alkanes) is 10. The zero-order valence-electron chi connectivity index (χ0n) is 23.7. The molecule has 0 atom stereocenters. The average Bonchev–Trinajstić information content (AvgIpc) is 2.77. The molecule has 0 radical (unpaired) electrons. The first kappa shape index (κ1) is 34.9. The van der Waals surface area contributed by atoms with E-state index in [-0.39, 0.29) is 17.6 Å². The van der Waals surface area contributed by atoms with Gasteiger partial charge in [0.25, 0.3) is 0 Å². The van der Waals surface area contributed by atoms with Crippen molar-refractivity contribution >= 4 is 17.5 Å². The Bertz CT molecular complexity index is 727. The van der Waals surface area contributed by atoms with Crippen molar-refractivity contribution in [2.24, 2.45) is 11.3 Å². The summed E-state index contributed by atoms with van der Waals surface area (Å²) < 4.78 is 22.5. The van der Waals surface area contributed by atoms with Crippen LogP contribution in [0, 0.1) is 11.3 Å². The second-order valence-corrected chi connectivity index (χ2v) is 13.1. The SMILES string of the molecule is C=C(C)C(=O)C(CCCCCCCCCCCCCC(C)C)(C(=O)[O][Zr](=[O])[O]C(C)C)C(=O)C(=C)C. The van der Waals surface area contributed by atoms with Crippen molar-refractivity contribution in [3.8, 4) is 0 Å². The van der Waals surface area contributed by atoms with Crippen LogP contribution in [0.25, 0.3) is 0 Å². The Labute approximate surface area is 229 Å². The van der Waals surface area contributed by atoms with Crippen molar-refractivity contribution in [1.29, 1.82) is 0 Å². The summed E-state index contributed by atoms with van der Waals surface area (Å²) in [7, 11) is 0. The molecular formula is C29H50O6Zr. The van der Waals surface area contributed by atoms with Gasteiger partial charge >= 0.3 is 184 Å². The zero-order chi connectivity index (χ0) is 27.7. The topological polar surface area (TPSA) is 86.7 Å². The molecule has 0 spiro atoms. The maximum atomic E-state index is 13.1. The van der Waals surface area contributed by atoms with Crippen LogP contribution in [0.2, 0.25) is 0 Å². The summed E-state index contributed by atoms with van der Waals surface area (Å²) in [5.41, 5.74) is -1.94. The normalized spacial score (nSPS) is 11.6. The number of hydrogen-bond acceptors (Lipinski definition) is 6. The molecule has 0 N–H and O–H groups in total. The van der Waals surface area contributed by atoms with Gasteiger partial charge in [-0.3, -0.25) is 0 Å². The van der Waals surface area contributed by atoms with Gasteiger partial charge in [0.1, 0.15) is 0 Å². The molecule has 0 fully saturated rings. The second kappa shape index (κ2) is 19.1. The number of ketones is 2. The van der Waals surface area contributed by atoms with Crippen LogP contribution in [0.4, 0.5) is 0 Å². The maximum absolute atomic E-state index is 13.1. The summed E-state index contributed by atoms with van der Waals surface area (Å²) >= 11 is -4.22. The first-order chi connectivity index (χ1) is 16.9. The average molecular weight is 586 g/mol. The first-order valence-corrected chi connectivity index (χ1v) is 16.7. The molecule has 0 heterocycles. The molecular weight excluding hydrogens is 536 g/mol. The van der Waals surface area contributed by atoms with Crippen LogP contribution < -0.4 is 0 Å². The van der Waals surface area contributed by atoms with Gasteiger partial charge in [0.05, 0.1) is 0 Å². The molecule has 0 aromatic rings. The van der Waals surface area contributed by atoms with Crippen LogP contribution in [0.3, 0.4) is 0 Å². The van der Waals surface area contributed by atoms with E-state index >= 15 is 0 Å². The molecule has 6 nitrogen and oxygen atoms in total. The van der Waals surface area contributed by atoms with Crippen molar-refractivity contribution in [2.45, 2.75) is 131 Å². The number of allylic oxidation sites excluding steroid dienone is 2. The fourth-order valence-corrected chi connectivity index (χ4v) is 6.12. The molecule has 0 amide bonds. The van der Waals surface area contributed by atoms with E-state index in [0.717, 1.165) is 31.6 Å². The van der Waals surface area contributed by atoms with E-state index in [4.69, 9.17) is 5.63 Å². The Morgan fingerprint density at radius 1 is 0.722 bits per heavy atom. The van der Waals surface area contributed by atoms with Gasteiger partial charge < -0.3 is 0 Å². The van der Waals surface area contributed by atoms with E-state index in [1.807, 2.05) is 0 Å². The Morgan fingerprint density at radius 3 is 1.47 bits per heavy atom. The second-order valence-electron chi connectivity index (χ2n) is 10.8. The van der Waals surface area contributed by atoms with Crippen LogP contribution in [0.15, 0.2) is 24.3 Å². The molecule has 0 aliphatic rings. The van der Waals surface area contributed by atoms with E-state index in [1.165, 1.54) is 58.8 Å². The molecule has 0 bridgehead atoms. The van der Waals surface area contributed by atoms with Gasteiger partial charge in [0, 0.05) is 0 Å². The van der Waals surface area contributed by atoms with Crippen LogP contribution in [0.5, 0.6) is 0 Å². The quantitative estimate of drug-likeness (QED) is 0.0733. The van der Waals surface area contributed by atoms with E-state index in [1.54, 1.807) is 13.8 Å². The van der Waals surface area contributed by atoms with Crippen molar-refractivity contribution in [3.63, 3.8) is 0 Å². The van der Waals surface area contributed by atoms with E-state index in [0.29, 0.717) is 6.42 Å². The van der Waals surface area contributed by atoms with Crippen molar-refractivity contribution in [3.05, 3.63) is 24.3 Å². The minimum absolute atomic E-state index is 0.0162. The third-order valence-electron chi connectivity index (χ3n) is 6.24. The number of Topliss-reactive ketones (excluding diaryl/α,β-unsaturated/α-hetero) is 2. The molecule has 206 valence electrons. The van der Waals surface area contributed by atoms with E-state index in [9.17, 15) is 17.2 Å². The van der Waals surface area contributed by atoms with Gasteiger partial charge in [0.15, 0.2) is 0 Å². The summed E-state index contributed by atoms with van der Waals surface area (Å²) in [5.74, 6) is -1.70. The van der Waals surface area contributed by atoms with Gasteiger partial charge in [-0.05, 0) is 5.92 Å². The molecule has 0 aliphatic heterocycles. The summed E-state index contributed by atoms with van der Waals surface area (Å²) in [4.78, 5) is 39.4. The molecule has 0 rings (SSSR count). The monoisotopic (exact) mass is 584 g/mol. The van der Waals surface area contributed by atoms with Crippen LogP contribution >= 0.6 is 0 Å². The van der Waals surface area contributed by atoms with Gasteiger partial charge in [-0.15, -0.1) is 0 Å². The van der Waals surface area contributed by atoms with Gasteiger partial charge in [-0.25, -0.2) is 0 Å². The van der Waals surface area contributed by atoms with E-state index in [2.05, 4.69) is 27.0 Å². The molecule has 7 heteroatoms. The summed E-state index contributed by atoms with van der Waals surface area (Å²) in [5, 5.41) is 0. The number of carbonyl (C=O) groups excluding carboxylic acids is 3. The Balaban J connectivity index is 4.84. The van der Waals surface area contributed by atoms with Gasteiger partial charge in [0.2, 0.25) is 0 Å². The Morgan fingerprint density at radius 2 is 1.11 bits per heavy atom. The van der Waals surface area contributed by atoms with Crippen molar-refractivity contribution in [1.82, 2.24) is 0 Å². The third kappa shape index (κ3) is 13.5. The standard InChI is InChI=1S/C26H44O4.C3H7O.O.Zr/c1-20(2)18-16-14-12-10-8-7-9-11-13-15-17-19-26(25(29)30,23(27)21(3)4)24(28)22(5)6;1-3(2)4;;/h20H,3,5,7-19H2,1-2,4,6H3,(H,29,30);3H,1-2H3;;/q;-1;;+2/p-1. The van der Waals surface area contributed by atoms with Crippen LogP contribution in [0.1, 0.15) is 125 Å². The Hall–Kier alpha value is -1.07. The molecule has 0 aliphatic carbocycles. The zero-order valence-corrected chi connectivity index (χ0v) is 26.2. The summed E-state index contributed by atoms with van der Waals surface area (Å²) in [6.07, 6.45) is 13.1. The number of hydrogen-bond donors (Lipinski definition) is 0. The molecule has 0 saturated heterocycles. The number of carbonyl (C=O) groups is 3. The molecule has 36 heavy (non-hydrogen) atoms. The first-order valence-electron chi connectivity index (χ1n) is 13.7. The van der Waals surface area contributed by atoms with Crippen LogP contribution in [-0.2, 0) is 45.5 Å².